The van der Waals surface area contributed by atoms with Crippen molar-refractivity contribution in [1.82, 2.24) is 19.9 Å². The molecule has 2 aromatic heterocycles. The van der Waals surface area contributed by atoms with Crippen molar-refractivity contribution in [2.75, 3.05) is 35.4 Å². The molecule has 0 bridgehead atoms. The molecule has 0 spiro atoms. The van der Waals surface area contributed by atoms with Gasteiger partial charge in [0.2, 0.25) is 24.6 Å². The highest BCUT2D eigenvalue weighted by atomic mass is 16.7. The summed E-state index contributed by atoms with van der Waals surface area (Å²) in [7, 11) is 0. The zero-order chi connectivity index (χ0) is 20.8. The first kappa shape index (κ1) is 19.7. The fourth-order valence-electron chi connectivity index (χ4n) is 3.09. The Labute approximate surface area is 175 Å². The van der Waals surface area contributed by atoms with Gasteiger partial charge in [-0.15, -0.1) is 0 Å². The number of rotatable bonds is 9. The van der Waals surface area contributed by atoms with Gasteiger partial charge in [-0.1, -0.05) is 12.1 Å². The molecule has 9 nitrogen and oxygen atoms in total. The second-order valence-corrected chi connectivity index (χ2v) is 6.71. The summed E-state index contributed by atoms with van der Waals surface area (Å²) in [5.74, 6) is 3.19. The van der Waals surface area contributed by atoms with Crippen LogP contribution in [0.1, 0.15) is 25.0 Å². The third-order valence-electron chi connectivity index (χ3n) is 4.73. The number of hydrogen-bond donors (Lipinski definition) is 2. The standard InChI is InChI=1S/C21H25N7O2/c1-3-28(4-2)21-26-19(23-12-15-7-8-17-18(10-15)30-14-29-17)25-20(27-21)24-13-16-6-5-9-22-11-16/h5-11H,3-4,12-14H2,1-2H3,(H2,23,24,25,26,27). The fourth-order valence-corrected chi connectivity index (χ4v) is 3.09. The summed E-state index contributed by atoms with van der Waals surface area (Å²) in [5.41, 5.74) is 2.10. The lowest BCUT2D eigenvalue weighted by atomic mass is 10.2. The number of ether oxygens (including phenoxy) is 2. The molecule has 0 amide bonds. The third-order valence-corrected chi connectivity index (χ3v) is 4.73. The van der Waals surface area contributed by atoms with Gasteiger partial charge in [0, 0.05) is 38.6 Å². The van der Waals surface area contributed by atoms with Crippen LogP contribution in [0.3, 0.4) is 0 Å². The Kier molecular flexibility index (Phi) is 6.07. The van der Waals surface area contributed by atoms with Crippen LogP contribution in [-0.2, 0) is 13.1 Å². The molecular formula is C21H25N7O2. The predicted octanol–water partition coefficient (Wildman–Crippen LogP) is 3.07. The lowest BCUT2D eigenvalue weighted by Crippen LogP contribution is -2.25. The molecule has 9 heteroatoms. The van der Waals surface area contributed by atoms with E-state index < -0.39 is 0 Å². The third kappa shape index (κ3) is 4.68. The van der Waals surface area contributed by atoms with Gasteiger partial charge < -0.3 is 25.0 Å². The first-order valence-corrected chi connectivity index (χ1v) is 10.0. The summed E-state index contributed by atoms with van der Waals surface area (Å²) in [6.07, 6.45) is 3.57. The van der Waals surface area contributed by atoms with E-state index >= 15 is 0 Å². The van der Waals surface area contributed by atoms with E-state index in [1.54, 1.807) is 6.20 Å². The van der Waals surface area contributed by atoms with Crippen LogP contribution in [0.2, 0.25) is 0 Å². The van der Waals surface area contributed by atoms with E-state index in [4.69, 9.17) is 9.47 Å². The summed E-state index contributed by atoms with van der Waals surface area (Å²) < 4.78 is 10.8. The SMILES string of the molecule is CCN(CC)c1nc(NCc2cccnc2)nc(NCc2ccc3c(c2)OCO3)n1. The molecule has 3 aromatic rings. The molecule has 30 heavy (non-hydrogen) atoms. The quantitative estimate of drug-likeness (QED) is 0.554. The van der Waals surface area contributed by atoms with Gasteiger partial charge in [0.15, 0.2) is 11.5 Å². The molecule has 2 N–H and O–H groups in total. The Hall–Kier alpha value is -3.62. The highest BCUT2D eigenvalue weighted by Crippen LogP contribution is 2.32. The molecule has 1 aliphatic heterocycles. The van der Waals surface area contributed by atoms with Crippen molar-refractivity contribution in [3.63, 3.8) is 0 Å². The van der Waals surface area contributed by atoms with Crippen molar-refractivity contribution in [3.05, 3.63) is 53.9 Å². The lowest BCUT2D eigenvalue weighted by Gasteiger charge is -2.20. The summed E-state index contributed by atoms with van der Waals surface area (Å²) in [6.45, 7) is 7.18. The number of pyridine rings is 1. The summed E-state index contributed by atoms with van der Waals surface area (Å²) in [6, 6.07) is 9.78. The molecular weight excluding hydrogens is 382 g/mol. The average Bonchev–Trinajstić information content (AvgIpc) is 3.26. The zero-order valence-corrected chi connectivity index (χ0v) is 17.1. The van der Waals surface area contributed by atoms with E-state index in [9.17, 15) is 0 Å². The van der Waals surface area contributed by atoms with Gasteiger partial charge in [0.25, 0.3) is 0 Å². The normalized spacial score (nSPS) is 11.9. The maximum Gasteiger partial charge on any atom is 0.231 e. The van der Waals surface area contributed by atoms with E-state index in [1.165, 1.54) is 0 Å². The minimum atomic E-state index is 0.263. The number of nitrogens with one attached hydrogen (secondary N) is 2. The van der Waals surface area contributed by atoms with Gasteiger partial charge in [0.05, 0.1) is 0 Å². The van der Waals surface area contributed by atoms with Crippen LogP contribution in [0.5, 0.6) is 11.5 Å². The Morgan fingerprint density at radius 2 is 1.63 bits per heavy atom. The van der Waals surface area contributed by atoms with Crippen LogP contribution in [0, 0.1) is 0 Å². The van der Waals surface area contributed by atoms with Crippen molar-refractivity contribution < 1.29 is 9.47 Å². The molecule has 0 aliphatic carbocycles. The topological polar surface area (TPSA) is 97.3 Å². The molecule has 156 valence electrons. The monoisotopic (exact) mass is 407 g/mol. The molecule has 3 heterocycles. The number of aromatic nitrogens is 4. The van der Waals surface area contributed by atoms with Crippen LogP contribution in [0.25, 0.3) is 0 Å². The number of hydrogen-bond acceptors (Lipinski definition) is 9. The Morgan fingerprint density at radius 1 is 0.900 bits per heavy atom. The number of fused-ring (bicyclic) bond motifs is 1. The minimum Gasteiger partial charge on any atom is -0.454 e. The highest BCUT2D eigenvalue weighted by molar-refractivity contribution is 5.47. The molecule has 0 saturated heterocycles. The number of nitrogens with zero attached hydrogens (tertiary/aromatic N) is 5. The molecule has 0 saturated carbocycles. The van der Waals surface area contributed by atoms with Crippen molar-refractivity contribution in [2.45, 2.75) is 26.9 Å². The van der Waals surface area contributed by atoms with E-state index in [1.807, 2.05) is 36.5 Å². The first-order valence-electron chi connectivity index (χ1n) is 10.0. The van der Waals surface area contributed by atoms with Crippen LogP contribution in [-0.4, -0.2) is 39.8 Å². The molecule has 4 rings (SSSR count). The van der Waals surface area contributed by atoms with E-state index in [0.717, 1.165) is 35.7 Å². The van der Waals surface area contributed by atoms with Crippen molar-refractivity contribution in [1.29, 1.82) is 0 Å². The Morgan fingerprint density at radius 3 is 2.33 bits per heavy atom. The van der Waals surface area contributed by atoms with Gasteiger partial charge in [-0.2, -0.15) is 15.0 Å². The molecule has 0 fully saturated rings. The van der Waals surface area contributed by atoms with Gasteiger partial charge in [0.1, 0.15) is 0 Å². The summed E-state index contributed by atoms with van der Waals surface area (Å²) in [5, 5.41) is 6.57. The maximum absolute atomic E-state index is 5.45. The van der Waals surface area contributed by atoms with Crippen LogP contribution < -0.4 is 25.0 Å². The van der Waals surface area contributed by atoms with Crippen molar-refractivity contribution in [3.8, 4) is 11.5 Å². The zero-order valence-electron chi connectivity index (χ0n) is 17.1. The van der Waals surface area contributed by atoms with E-state index in [0.29, 0.717) is 30.9 Å². The number of anilines is 3. The smallest absolute Gasteiger partial charge is 0.231 e. The van der Waals surface area contributed by atoms with Gasteiger partial charge in [-0.3, -0.25) is 4.98 Å². The second kappa shape index (κ2) is 9.25. The molecule has 0 atom stereocenters. The number of benzene rings is 1. The molecule has 1 aromatic carbocycles. The Bertz CT molecular complexity index is 980. The lowest BCUT2D eigenvalue weighted by molar-refractivity contribution is 0.174. The molecule has 0 unspecified atom stereocenters. The molecule has 1 aliphatic rings. The summed E-state index contributed by atoms with van der Waals surface area (Å²) in [4.78, 5) is 20.0. The average molecular weight is 407 g/mol. The largest absolute Gasteiger partial charge is 0.454 e. The van der Waals surface area contributed by atoms with E-state index in [2.05, 4.69) is 49.3 Å². The Balaban J connectivity index is 1.50. The van der Waals surface area contributed by atoms with Crippen LogP contribution in [0.15, 0.2) is 42.7 Å². The predicted molar refractivity (Wildman–Crippen MR) is 115 cm³/mol. The van der Waals surface area contributed by atoms with Gasteiger partial charge in [-0.25, -0.2) is 0 Å². The van der Waals surface area contributed by atoms with Gasteiger partial charge >= 0.3 is 0 Å². The van der Waals surface area contributed by atoms with Crippen molar-refractivity contribution in [2.24, 2.45) is 0 Å². The molecule has 0 radical (unpaired) electrons. The van der Waals surface area contributed by atoms with Crippen LogP contribution in [0.4, 0.5) is 17.8 Å². The minimum absolute atomic E-state index is 0.263. The first-order chi connectivity index (χ1) is 14.7. The highest BCUT2D eigenvalue weighted by Gasteiger charge is 2.14. The van der Waals surface area contributed by atoms with Crippen molar-refractivity contribution >= 4 is 17.8 Å². The van der Waals surface area contributed by atoms with Gasteiger partial charge in [-0.05, 0) is 43.2 Å². The summed E-state index contributed by atoms with van der Waals surface area (Å²) >= 11 is 0. The maximum atomic E-state index is 5.45. The fraction of sp³-hybridized carbons (Fsp3) is 0.333. The second-order valence-electron chi connectivity index (χ2n) is 6.71. The van der Waals surface area contributed by atoms with E-state index in [-0.39, 0.29) is 6.79 Å². The van der Waals surface area contributed by atoms with Crippen LogP contribution >= 0.6 is 0 Å².